The number of nitrogens with zero attached hydrogens (tertiary/aromatic N) is 2. The first-order valence-electron chi connectivity index (χ1n) is 12.0. The normalized spacial score (nSPS) is 18.0. The molecular formula is C26H33ClN4O4. The fraction of sp³-hybridized carbons (Fsp3) is 0.462. The second-order valence-corrected chi connectivity index (χ2v) is 9.64. The van der Waals surface area contributed by atoms with Crippen LogP contribution in [0.3, 0.4) is 0 Å². The summed E-state index contributed by atoms with van der Waals surface area (Å²) in [5.41, 5.74) is 1.39. The third-order valence-corrected chi connectivity index (χ3v) is 5.85. The van der Waals surface area contributed by atoms with Crippen LogP contribution in [0.2, 0.25) is 5.02 Å². The summed E-state index contributed by atoms with van der Waals surface area (Å²) >= 11 is 6.12. The van der Waals surface area contributed by atoms with Crippen molar-refractivity contribution in [1.29, 1.82) is 0 Å². The number of rotatable bonds is 3. The Balaban J connectivity index is 1.83. The van der Waals surface area contributed by atoms with E-state index in [0.29, 0.717) is 60.3 Å². The SMILES string of the molecule is Cc1cccc(C(=O)N2CCCCNC(=O)c3cc(Cl)ccc3OC[C@@H](CC(C)C)NC(=O)C2)n1. The van der Waals surface area contributed by atoms with Crippen molar-refractivity contribution in [2.75, 3.05) is 26.2 Å². The van der Waals surface area contributed by atoms with Crippen LogP contribution in [-0.4, -0.2) is 59.9 Å². The molecule has 0 bridgehead atoms. The Hall–Kier alpha value is -3.13. The zero-order valence-corrected chi connectivity index (χ0v) is 21.2. The number of halogens is 1. The van der Waals surface area contributed by atoms with Gasteiger partial charge in [-0.2, -0.15) is 0 Å². The van der Waals surface area contributed by atoms with Crippen molar-refractivity contribution >= 4 is 29.3 Å². The highest BCUT2D eigenvalue weighted by molar-refractivity contribution is 6.31. The van der Waals surface area contributed by atoms with Crippen LogP contribution in [-0.2, 0) is 4.79 Å². The highest BCUT2D eigenvalue weighted by Crippen LogP contribution is 2.24. The predicted molar refractivity (Wildman–Crippen MR) is 135 cm³/mol. The summed E-state index contributed by atoms with van der Waals surface area (Å²) in [6.07, 6.45) is 1.92. The molecule has 0 aliphatic carbocycles. The maximum atomic E-state index is 13.2. The minimum atomic E-state index is -0.298. The van der Waals surface area contributed by atoms with Crippen LogP contribution in [0.15, 0.2) is 36.4 Å². The van der Waals surface area contributed by atoms with E-state index < -0.39 is 0 Å². The number of amides is 3. The van der Waals surface area contributed by atoms with Crippen molar-refractivity contribution < 1.29 is 19.1 Å². The van der Waals surface area contributed by atoms with Crippen LogP contribution in [0.1, 0.15) is 59.7 Å². The van der Waals surface area contributed by atoms with E-state index >= 15 is 0 Å². The Morgan fingerprint density at radius 2 is 2.03 bits per heavy atom. The number of hydrogen-bond acceptors (Lipinski definition) is 5. The molecule has 0 spiro atoms. The average Bonchev–Trinajstić information content (AvgIpc) is 2.81. The number of fused-ring (bicyclic) bond motifs is 1. The third kappa shape index (κ3) is 7.96. The number of aromatic nitrogens is 1. The number of carbonyl (C=O) groups excluding carboxylic acids is 3. The van der Waals surface area contributed by atoms with Gasteiger partial charge in [0, 0.05) is 23.8 Å². The maximum Gasteiger partial charge on any atom is 0.272 e. The smallest absolute Gasteiger partial charge is 0.272 e. The third-order valence-electron chi connectivity index (χ3n) is 5.62. The molecule has 0 saturated carbocycles. The molecular weight excluding hydrogens is 468 g/mol. The zero-order chi connectivity index (χ0) is 25.4. The van der Waals surface area contributed by atoms with Gasteiger partial charge in [0.25, 0.3) is 11.8 Å². The Morgan fingerprint density at radius 1 is 1.23 bits per heavy atom. The summed E-state index contributed by atoms with van der Waals surface area (Å²) in [4.78, 5) is 44.8. The van der Waals surface area contributed by atoms with E-state index in [1.807, 2.05) is 13.0 Å². The largest absolute Gasteiger partial charge is 0.491 e. The van der Waals surface area contributed by atoms with Crippen molar-refractivity contribution in [3.8, 4) is 5.75 Å². The molecule has 1 aromatic carbocycles. The molecule has 9 heteroatoms. The maximum absolute atomic E-state index is 13.2. The van der Waals surface area contributed by atoms with Gasteiger partial charge in [-0.1, -0.05) is 31.5 Å². The molecule has 35 heavy (non-hydrogen) atoms. The van der Waals surface area contributed by atoms with Gasteiger partial charge in [0.05, 0.1) is 18.2 Å². The van der Waals surface area contributed by atoms with Crippen molar-refractivity contribution in [3.05, 3.63) is 58.4 Å². The molecule has 0 unspecified atom stereocenters. The minimum Gasteiger partial charge on any atom is -0.491 e. The summed E-state index contributed by atoms with van der Waals surface area (Å²) in [5, 5.41) is 6.35. The standard InChI is InChI=1S/C26H33ClN4O4/c1-17(2)13-20-16-35-23-10-9-19(27)14-21(23)25(33)28-11-4-5-12-31(15-24(32)30-20)26(34)22-8-6-7-18(3)29-22/h6-10,14,17,20H,4-5,11-13,15-16H2,1-3H3,(H,28,33)(H,30,32)/t20-/m1/s1. The number of ether oxygens (including phenoxy) is 1. The van der Waals surface area contributed by atoms with E-state index in [9.17, 15) is 14.4 Å². The quantitative estimate of drug-likeness (QED) is 0.670. The number of aryl methyl sites for hydroxylation is 1. The zero-order valence-electron chi connectivity index (χ0n) is 20.5. The number of hydrogen-bond donors (Lipinski definition) is 2. The first-order valence-corrected chi connectivity index (χ1v) is 12.3. The lowest BCUT2D eigenvalue weighted by Crippen LogP contribution is -2.47. The molecule has 0 saturated heterocycles. The van der Waals surface area contributed by atoms with E-state index in [4.69, 9.17) is 16.3 Å². The predicted octanol–water partition coefficient (Wildman–Crippen LogP) is 3.62. The van der Waals surface area contributed by atoms with E-state index in [1.165, 1.54) is 4.90 Å². The molecule has 1 atom stereocenters. The topological polar surface area (TPSA) is 101 Å². The molecule has 2 N–H and O–H groups in total. The second kappa shape index (κ2) is 12.5. The van der Waals surface area contributed by atoms with E-state index in [2.05, 4.69) is 29.5 Å². The molecule has 1 aliphatic heterocycles. The van der Waals surface area contributed by atoms with Gasteiger partial charge in [-0.05, 0) is 62.4 Å². The van der Waals surface area contributed by atoms with Gasteiger partial charge in [-0.3, -0.25) is 14.4 Å². The Labute approximate surface area is 211 Å². The lowest BCUT2D eigenvalue weighted by molar-refractivity contribution is -0.122. The minimum absolute atomic E-state index is 0.0817. The first kappa shape index (κ1) is 26.5. The van der Waals surface area contributed by atoms with Gasteiger partial charge in [-0.15, -0.1) is 0 Å². The van der Waals surface area contributed by atoms with Gasteiger partial charge < -0.3 is 20.3 Å². The van der Waals surface area contributed by atoms with Crippen LogP contribution in [0.4, 0.5) is 0 Å². The van der Waals surface area contributed by atoms with Crippen LogP contribution in [0, 0.1) is 12.8 Å². The average molecular weight is 501 g/mol. The monoisotopic (exact) mass is 500 g/mol. The van der Waals surface area contributed by atoms with Gasteiger partial charge in [0.2, 0.25) is 5.91 Å². The molecule has 3 amide bonds. The van der Waals surface area contributed by atoms with Crippen LogP contribution >= 0.6 is 11.6 Å². The Bertz CT molecular complexity index is 1060. The van der Waals surface area contributed by atoms with Crippen molar-refractivity contribution in [2.24, 2.45) is 5.92 Å². The number of benzene rings is 1. The van der Waals surface area contributed by atoms with E-state index in [-0.39, 0.29) is 36.9 Å². The van der Waals surface area contributed by atoms with Crippen molar-refractivity contribution in [3.63, 3.8) is 0 Å². The van der Waals surface area contributed by atoms with Crippen LogP contribution in [0.25, 0.3) is 0 Å². The lowest BCUT2D eigenvalue weighted by Gasteiger charge is -2.25. The van der Waals surface area contributed by atoms with E-state index in [0.717, 1.165) is 5.69 Å². The van der Waals surface area contributed by atoms with Gasteiger partial charge in [0.15, 0.2) is 0 Å². The second-order valence-electron chi connectivity index (χ2n) is 9.20. The van der Waals surface area contributed by atoms with Crippen LogP contribution in [0.5, 0.6) is 5.75 Å². The van der Waals surface area contributed by atoms with Gasteiger partial charge in [-0.25, -0.2) is 4.98 Å². The molecule has 2 heterocycles. The molecule has 1 aromatic heterocycles. The molecule has 1 aliphatic rings. The number of pyridine rings is 1. The number of nitrogens with one attached hydrogen (secondary N) is 2. The molecule has 0 radical (unpaired) electrons. The lowest BCUT2D eigenvalue weighted by atomic mass is 10.0. The fourth-order valence-electron chi connectivity index (χ4n) is 3.98. The molecule has 188 valence electrons. The molecule has 8 nitrogen and oxygen atoms in total. The molecule has 0 fully saturated rings. The summed E-state index contributed by atoms with van der Waals surface area (Å²) in [7, 11) is 0. The van der Waals surface area contributed by atoms with Gasteiger partial charge >= 0.3 is 0 Å². The highest BCUT2D eigenvalue weighted by Gasteiger charge is 2.23. The van der Waals surface area contributed by atoms with Crippen molar-refractivity contribution in [1.82, 2.24) is 20.5 Å². The van der Waals surface area contributed by atoms with E-state index in [1.54, 1.807) is 30.3 Å². The summed E-state index contributed by atoms with van der Waals surface area (Å²) in [5.74, 6) is -0.129. The summed E-state index contributed by atoms with van der Waals surface area (Å²) in [6, 6.07) is 9.86. The summed E-state index contributed by atoms with van der Waals surface area (Å²) < 4.78 is 5.98. The first-order chi connectivity index (χ1) is 16.7. The number of carbonyl (C=O) groups is 3. The fourth-order valence-corrected chi connectivity index (χ4v) is 4.15. The molecule has 3 rings (SSSR count). The summed E-state index contributed by atoms with van der Waals surface area (Å²) in [6.45, 7) is 6.81. The van der Waals surface area contributed by atoms with Crippen LogP contribution < -0.4 is 15.4 Å². The van der Waals surface area contributed by atoms with Gasteiger partial charge in [0.1, 0.15) is 18.1 Å². The van der Waals surface area contributed by atoms with Crippen molar-refractivity contribution in [2.45, 2.75) is 46.1 Å². The Kier molecular flexibility index (Phi) is 9.48. The highest BCUT2D eigenvalue weighted by atomic mass is 35.5. The molecule has 2 aromatic rings. The Morgan fingerprint density at radius 3 is 2.77 bits per heavy atom.